The minimum Gasteiger partial charge on any atom is -0.478 e. The monoisotopic (exact) mass is 246 g/mol. The number of carboxylic acids is 1. The average molecular weight is 246 g/mol. The Morgan fingerprint density at radius 3 is 3.17 bits per heavy atom. The molecule has 2 aromatic rings. The lowest BCUT2D eigenvalue weighted by Crippen LogP contribution is -2.09. The van der Waals surface area contributed by atoms with Gasteiger partial charge in [0.05, 0.1) is 29.5 Å². The normalized spacial score (nSPS) is 19.4. The van der Waals surface area contributed by atoms with Gasteiger partial charge in [-0.1, -0.05) is 0 Å². The van der Waals surface area contributed by atoms with Crippen molar-refractivity contribution in [1.82, 2.24) is 9.55 Å². The van der Waals surface area contributed by atoms with Gasteiger partial charge in [0.2, 0.25) is 0 Å². The standard InChI is InChI=1S/C13H14N2O3/c16-13(17)10-1-2-11-12(5-10)15(8-14-11)6-9-3-4-18-7-9/h1-2,5,8-9H,3-4,6-7H2,(H,16,17)/t9-/m1/s1. The Morgan fingerprint density at radius 2 is 2.44 bits per heavy atom. The number of benzene rings is 1. The number of fused-ring (bicyclic) bond motifs is 1. The second kappa shape index (κ2) is 4.42. The van der Waals surface area contributed by atoms with Gasteiger partial charge in [-0.25, -0.2) is 9.78 Å². The summed E-state index contributed by atoms with van der Waals surface area (Å²) in [5.41, 5.74) is 2.01. The minimum atomic E-state index is -0.908. The van der Waals surface area contributed by atoms with Gasteiger partial charge < -0.3 is 14.4 Å². The fourth-order valence-corrected chi connectivity index (χ4v) is 2.34. The first kappa shape index (κ1) is 11.2. The van der Waals surface area contributed by atoms with Crippen LogP contribution in [-0.4, -0.2) is 33.8 Å². The van der Waals surface area contributed by atoms with Gasteiger partial charge in [-0.05, 0) is 24.6 Å². The first-order valence-corrected chi connectivity index (χ1v) is 6.00. The van der Waals surface area contributed by atoms with E-state index >= 15 is 0 Å². The van der Waals surface area contributed by atoms with Gasteiger partial charge in [-0.2, -0.15) is 0 Å². The highest BCUT2D eigenvalue weighted by molar-refractivity contribution is 5.92. The van der Waals surface area contributed by atoms with Crippen LogP contribution in [0.25, 0.3) is 11.0 Å². The van der Waals surface area contributed by atoms with E-state index in [4.69, 9.17) is 9.84 Å². The van der Waals surface area contributed by atoms with Crippen LogP contribution in [0.2, 0.25) is 0 Å². The van der Waals surface area contributed by atoms with E-state index in [0.29, 0.717) is 11.5 Å². The molecule has 1 aliphatic heterocycles. The Bertz CT molecular complexity index is 585. The van der Waals surface area contributed by atoms with E-state index in [1.807, 2.05) is 4.57 Å². The summed E-state index contributed by atoms with van der Waals surface area (Å²) in [5.74, 6) is -0.412. The number of aromatic carboxylic acids is 1. The Hall–Kier alpha value is -1.88. The molecule has 2 heterocycles. The minimum absolute atomic E-state index is 0.298. The van der Waals surface area contributed by atoms with Gasteiger partial charge in [0.15, 0.2) is 0 Å². The third-order valence-electron chi connectivity index (χ3n) is 3.35. The summed E-state index contributed by atoms with van der Waals surface area (Å²) < 4.78 is 7.37. The zero-order chi connectivity index (χ0) is 12.5. The van der Waals surface area contributed by atoms with Crippen LogP contribution in [0.15, 0.2) is 24.5 Å². The number of hydrogen-bond donors (Lipinski definition) is 1. The molecule has 0 spiro atoms. The Kier molecular flexibility index (Phi) is 2.76. The van der Waals surface area contributed by atoms with Crippen molar-refractivity contribution in [1.29, 1.82) is 0 Å². The van der Waals surface area contributed by atoms with E-state index in [1.165, 1.54) is 0 Å². The first-order valence-electron chi connectivity index (χ1n) is 6.00. The van der Waals surface area contributed by atoms with Crippen LogP contribution in [0.4, 0.5) is 0 Å². The van der Waals surface area contributed by atoms with Gasteiger partial charge in [0.1, 0.15) is 0 Å². The molecule has 18 heavy (non-hydrogen) atoms. The second-order valence-electron chi connectivity index (χ2n) is 4.64. The number of aromatic nitrogens is 2. The number of hydrogen-bond acceptors (Lipinski definition) is 3. The fraction of sp³-hybridized carbons (Fsp3) is 0.385. The highest BCUT2D eigenvalue weighted by atomic mass is 16.5. The SMILES string of the molecule is O=C(O)c1ccc2ncn(C[C@H]3CCOC3)c2c1. The average Bonchev–Trinajstić information content (AvgIpc) is 2.99. The van der Waals surface area contributed by atoms with Gasteiger partial charge in [0.25, 0.3) is 0 Å². The van der Waals surface area contributed by atoms with Gasteiger partial charge in [0, 0.05) is 19.1 Å². The van der Waals surface area contributed by atoms with Crippen molar-refractivity contribution < 1.29 is 14.6 Å². The molecular weight excluding hydrogens is 232 g/mol. The predicted molar refractivity (Wildman–Crippen MR) is 65.6 cm³/mol. The molecule has 5 heteroatoms. The van der Waals surface area contributed by atoms with Gasteiger partial charge in [-0.15, -0.1) is 0 Å². The zero-order valence-electron chi connectivity index (χ0n) is 9.87. The maximum absolute atomic E-state index is 11.0. The van der Waals surface area contributed by atoms with Crippen molar-refractivity contribution in [3.8, 4) is 0 Å². The summed E-state index contributed by atoms with van der Waals surface area (Å²) in [6, 6.07) is 5.02. The van der Waals surface area contributed by atoms with E-state index < -0.39 is 5.97 Å². The summed E-state index contributed by atoms with van der Waals surface area (Å²) in [5, 5.41) is 9.01. The molecule has 1 aromatic heterocycles. The molecule has 1 N–H and O–H groups in total. The third kappa shape index (κ3) is 1.97. The van der Waals surface area contributed by atoms with Crippen LogP contribution in [-0.2, 0) is 11.3 Å². The summed E-state index contributed by atoms with van der Waals surface area (Å²) >= 11 is 0. The van der Waals surface area contributed by atoms with E-state index in [-0.39, 0.29) is 0 Å². The Labute approximate surface area is 104 Å². The summed E-state index contributed by atoms with van der Waals surface area (Å²) in [6.45, 7) is 2.43. The van der Waals surface area contributed by atoms with Crippen LogP contribution in [0.3, 0.4) is 0 Å². The van der Waals surface area contributed by atoms with Crippen LogP contribution >= 0.6 is 0 Å². The zero-order valence-corrected chi connectivity index (χ0v) is 9.87. The predicted octanol–water partition coefficient (Wildman–Crippen LogP) is 1.77. The molecular formula is C13H14N2O3. The molecule has 1 saturated heterocycles. The van der Waals surface area contributed by atoms with Crippen molar-refractivity contribution >= 4 is 17.0 Å². The van der Waals surface area contributed by atoms with Gasteiger partial charge >= 0.3 is 5.97 Å². The largest absolute Gasteiger partial charge is 0.478 e. The topological polar surface area (TPSA) is 64.3 Å². The third-order valence-corrected chi connectivity index (χ3v) is 3.35. The van der Waals surface area contributed by atoms with Crippen molar-refractivity contribution in [2.75, 3.05) is 13.2 Å². The summed E-state index contributed by atoms with van der Waals surface area (Å²) in [6.07, 6.45) is 2.83. The van der Waals surface area contributed by atoms with E-state index in [0.717, 1.165) is 37.2 Å². The van der Waals surface area contributed by atoms with Crippen LogP contribution in [0.1, 0.15) is 16.8 Å². The van der Waals surface area contributed by atoms with Crippen molar-refractivity contribution in [2.24, 2.45) is 5.92 Å². The second-order valence-corrected chi connectivity index (χ2v) is 4.64. The Morgan fingerprint density at radius 1 is 1.56 bits per heavy atom. The quantitative estimate of drug-likeness (QED) is 0.896. The molecule has 3 rings (SSSR count). The van der Waals surface area contributed by atoms with Crippen LogP contribution in [0, 0.1) is 5.92 Å². The molecule has 5 nitrogen and oxygen atoms in total. The van der Waals surface area contributed by atoms with E-state index in [1.54, 1.807) is 24.5 Å². The maximum Gasteiger partial charge on any atom is 0.335 e. The number of ether oxygens (including phenoxy) is 1. The maximum atomic E-state index is 11.0. The number of rotatable bonds is 3. The van der Waals surface area contributed by atoms with Gasteiger partial charge in [-0.3, -0.25) is 0 Å². The summed E-state index contributed by atoms with van der Waals surface area (Å²) in [7, 11) is 0. The van der Waals surface area contributed by atoms with Crippen LogP contribution < -0.4 is 0 Å². The molecule has 0 amide bonds. The molecule has 1 aromatic carbocycles. The van der Waals surface area contributed by atoms with Crippen molar-refractivity contribution in [3.05, 3.63) is 30.1 Å². The number of nitrogens with zero attached hydrogens (tertiary/aromatic N) is 2. The number of carboxylic acid groups (broad SMARTS) is 1. The Balaban J connectivity index is 1.95. The highest BCUT2D eigenvalue weighted by Gasteiger charge is 2.17. The molecule has 0 saturated carbocycles. The summed E-state index contributed by atoms with van der Waals surface area (Å²) in [4.78, 5) is 15.3. The van der Waals surface area contributed by atoms with Crippen molar-refractivity contribution in [3.63, 3.8) is 0 Å². The molecule has 1 atom stereocenters. The lowest BCUT2D eigenvalue weighted by molar-refractivity contribution is 0.0697. The molecule has 1 aliphatic rings. The highest BCUT2D eigenvalue weighted by Crippen LogP contribution is 2.20. The molecule has 0 aliphatic carbocycles. The number of carbonyl (C=O) groups is 1. The molecule has 94 valence electrons. The fourth-order valence-electron chi connectivity index (χ4n) is 2.34. The lowest BCUT2D eigenvalue weighted by atomic mass is 10.1. The van der Waals surface area contributed by atoms with E-state index in [2.05, 4.69) is 4.98 Å². The van der Waals surface area contributed by atoms with Crippen LogP contribution in [0.5, 0.6) is 0 Å². The van der Waals surface area contributed by atoms with E-state index in [9.17, 15) is 4.79 Å². The lowest BCUT2D eigenvalue weighted by Gasteiger charge is -2.09. The first-order chi connectivity index (χ1) is 8.74. The number of imidazole rings is 1. The smallest absolute Gasteiger partial charge is 0.335 e. The molecule has 0 bridgehead atoms. The van der Waals surface area contributed by atoms with Crippen molar-refractivity contribution in [2.45, 2.75) is 13.0 Å². The molecule has 0 unspecified atom stereocenters. The molecule has 1 fully saturated rings. The molecule has 0 radical (unpaired) electrons.